The molecule has 0 spiro atoms. The maximum atomic E-state index is 14.0. The summed E-state index contributed by atoms with van der Waals surface area (Å²) >= 11 is 0. The first kappa shape index (κ1) is 29.1. The third kappa shape index (κ3) is 5.45. The normalized spacial score (nSPS) is 12.9. The lowest BCUT2D eigenvalue weighted by Crippen LogP contribution is -2.33. The Kier molecular flexibility index (Phi) is 8.91. The predicted molar refractivity (Wildman–Crippen MR) is 152 cm³/mol. The highest BCUT2D eigenvalue weighted by Crippen LogP contribution is 2.44. The van der Waals surface area contributed by atoms with Crippen molar-refractivity contribution in [2.75, 3.05) is 56.3 Å². The van der Waals surface area contributed by atoms with E-state index in [2.05, 4.69) is 0 Å². The number of rotatable bonds is 12. The number of hydrogen-bond acceptors (Lipinski definition) is 9. The van der Waals surface area contributed by atoms with Crippen LogP contribution in [0.4, 0.5) is 0 Å². The van der Waals surface area contributed by atoms with Crippen molar-refractivity contribution in [2.45, 2.75) is 6.42 Å². The Morgan fingerprint density at radius 2 is 0.976 bits per heavy atom. The molecule has 10 nitrogen and oxygen atoms in total. The Labute approximate surface area is 238 Å². The molecular weight excluding hydrogens is 530 g/mol. The van der Waals surface area contributed by atoms with Gasteiger partial charge in [0.15, 0.2) is 34.5 Å². The summed E-state index contributed by atoms with van der Waals surface area (Å²) in [4.78, 5) is 29.2. The topological polar surface area (TPSA) is 102 Å². The molecule has 1 heterocycles. The first-order valence-electron chi connectivity index (χ1n) is 12.7. The standard InChI is InChI=1S/C31H33NO9/c1-35-21-10-8-18(14-23(21)37-3)12-13-32-30(33)27(19-9-11-22(36-2)24(15-19)38-4)28(31(32)34)20-16-25(39-5)29(41-7)26(17-20)40-6/h8-11,14-17H,12-13H2,1-7H3. The van der Waals surface area contributed by atoms with Crippen molar-refractivity contribution < 1.29 is 42.7 Å². The van der Waals surface area contributed by atoms with Crippen LogP contribution in [0.1, 0.15) is 16.7 Å². The number of nitrogens with zero attached hydrogens (tertiary/aromatic N) is 1. The van der Waals surface area contributed by atoms with E-state index >= 15 is 0 Å². The largest absolute Gasteiger partial charge is 0.493 e. The molecule has 1 aliphatic heterocycles. The summed E-state index contributed by atoms with van der Waals surface area (Å²) in [5.74, 6) is 2.25. The molecule has 0 radical (unpaired) electrons. The summed E-state index contributed by atoms with van der Waals surface area (Å²) < 4.78 is 38.1. The highest BCUT2D eigenvalue weighted by Gasteiger charge is 2.40. The molecule has 2 amide bonds. The van der Waals surface area contributed by atoms with Gasteiger partial charge in [-0.25, -0.2) is 0 Å². The zero-order chi connectivity index (χ0) is 29.7. The van der Waals surface area contributed by atoms with Crippen LogP contribution >= 0.6 is 0 Å². The smallest absolute Gasteiger partial charge is 0.262 e. The van der Waals surface area contributed by atoms with Crippen molar-refractivity contribution >= 4 is 23.0 Å². The minimum absolute atomic E-state index is 0.137. The van der Waals surface area contributed by atoms with E-state index in [0.29, 0.717) is 57.8 Å². The van der Waals surface area contributed by atoms with E-state index in [-0.39, 0.29) is 17.7 Å². The van der Waals surface area contributed by atoms with E-state index in [9.17, 15) is 9.59 Å². The minimum atomic E-state index is -0.450. The van der Waals surface area contributed by atoms with Gasteiger partial charge in [0.25, 0.3) is 11.8 Å². The summed E-state index contributed by atoms with van der Waals surface area (Å²) in [5, 5.41) is 0. The number of carbonyl (C=O) groups is 2. The molecule has 0 N–H and O–H groups in total. The number of carbonyl (C=O) groups excluding carboxylic acids is 2. The lowest BCUT2D eigenvalue weighted by Gasteiger charge is -2.17. The fourth-order valence-electron chi connectivity index (χ4n) is 4.81. The van der Waals surface area contributed by atoms with Crippen molar-refractivity contribution in [2.24, 2.45) is 0 Å². The fourth-order valence-corrected chi connectivity index (χ4v) is 4.81. The molecular formula is C31H33NO9. The molecule has 3 aromatic carbocycles. The van der Waals surface area contributed by atoms with Crippen molar-refractivity contribution in [3.63, 3.8) is 0 Å². The Morgan fingerprint density at radius 1 is 0.512 bits per heavy atom. The molecule has 0 atom stereocenters. The average molecular weight is 564 g/mol. The lowest BCUT2D eigenvalue weighted by atomic mass is 9.95. The van der Waals surface area contributed by atoms with Gasteiger partial charge >= 0.3 is 0 Å². The molecule has 0 aromatic heterocycles. The van der Waals surface area contributed by atoms with Crippen LogP contribution in [0, 0.1) is 0 Å². The predicted octanol–water partition coefficient (Wildman–Crippen LogP) is 4.27. The molecule has 0 unspecified atom stereocenters. The fraction of sp³-hybridized carbons (Fsp3) is 0.290. The molecule has 3 aromatic rings. The number of hydrogen-bond donors (Lipinski definition) is 0. The highest BCUT2D eigenvalue weighted by molar-refractivity contribution is 6.49. The van der Waals surface area contributed by atoms with Crippen LogP contribution in [0.15, 0.2) is 48.5 Å². The number of methoxy groups -OCH3 is 7. The van der Waals surface area contributed by atoms with Gasteiger partial charge in [-0.05, 0) is 59.5 Å². The van der Waals surface area contributed by atoms with Crippen molar-refractivity contribution in [3.8, 4) is 40.2 Å². The first-order valence-corrected chi connectivity index (χ1v) is 12.7. The second-order valence-electron chi connectivity index (χ2n) is 8.94. The molecule has 4 rings (SSSR count). The average Bonchev–Trinajstić information content (AvgIpc) is 3.26. The minimum Gasteiger partial charge on any atom is -0.493 e. The summed E-state index contributed by atoms with van der Waals surface area (Å²) in [6, 6.07) is 13.9. The van der Waals surface area contributed by atoms with Gasteiger partial charge in [0.2, 0.25) is 5.75 Å². The summed E-state index contributed by atoms with van der Waals surface area (Å²) in [6.45, 7) is 0.137. The van der Waals surface area contributed by atoms with Crippen LogP contribution in [0.2, 0.25) is 0 Å². The van der Waals surface area contributed by atoms with Gasteiger partial charge in [-0.1, -0.05) is 12.1 Å². The van der Waals surface area contributed by atoms with Crippen LogP contribution < -0.4 is 33.2 Å². The quantitative estimate of drug-likeness (QED) is 0.299. The zero-order valence-corrected chi connectivity index (χ0v) is 24.2. The number of amides is 2. The van der Waals surface area contributed by atoms with Gasteiger partial charge in [-0.3, -0.25) is 14.5 Å². The van der Waals surface area contributed by atoms with Crippen LogP contribution in [0.25, 0.3) is 11.1 Å². The van der Waals surface area contributed by atoms with E-state index in [1.54, 1.807) is 50.6 Å². The molecule has 0 saturated heterocycles. The molecule has 216 valence electrons. The van der Waals surface area contributed by atoms with Crippen LogP contribution in [-0.4, -0.2) is 73.0 Å². The lowest BCUT2D eigenvalue weighted by molar-refractivity contribution is -0.135. The second-order valence-corrected chi connectivity index (χ2v) is 8.94. The summed E-state index contributed by atoms with van der Waals surface area (Å²) in [6.07, 6.45) is 0.402. The zero-order valence-electron chi connectivity index (χ0n) is 24.2. The van der Waals surface area contributed by atoms with E-state index in [4.69, 9.17) is 33.2 Å². The first-order chi connectivity index (χ1) is 19.8. The third-order valence-electron chi connectivity index (χ3n) is 6.87. The monoisotopic (exact) mass is 563 g/mol. The Bertz CT molecular complexity index is 1470. The molecule has 1 aliphatic rings. The van der Waals surface area contributed by atoms with E-state index < -0.39 is 11.8 Å². The second kappa shape index (κ2) is 12.5. The third-order valence-corrected chi connectivity index (χ3v) is 6.87. The molecule has 10 heteroatoms. The molecule has 0 bridgehead atoms. The van der Waals surface area contributed by atoms with Crippen LogP contribution in [0.3, 0.4) is 0 Å². The Morgan fingerprint density at radius 3 is 1.49 bits per heavy atom. The van der Waals surface area contributed by atoms with Crippen molar-refractivity contribution in [1.82, 2.24) is 4.90 Å². The molecule has 41 heavy (non-hydrogen) atoms. The molecule has 0 aliphatic carbocycles. The van der Waals surface area contributed by atoms with E-state index in [1.165, 1.54) is 40.4 Å². The van der Waals surface area contributed by atoms with Gasteiger partial charge in [0, 0.05) is 6.54 Å². The van der Waals surface area contributed by atoms with Crippen molar-refractivity contribution in [3.05, 3.63) is 65.2 Å². The number of imide groups is 1. The SMILES string of the molecule is COc1ccc(CCN2C(=O)C(c3ccc(OC)c(OC)c3)=C(c3cc(OC)c(OC)c(OC)c3)C2=O)cc1OC. The van der Waals surface area contributed by atoms with E-state index in [0.717, 1.165) is 5.56 Å². The Balaban J connectivity index is 1.82. The summed E-state index contributed by atoms with van der Waals surface area (Å²) in [7, 11) is 10.6. The maximum Gasteiger partial charge on any atom is 0.262 e. The van der Waals surface area contributed by atoms with Crippen LogP contribution in [0.5, 0.6) is 40.2 Å². The Hall–Kier alpha value is -4.86. The van der Waals surface area contributed by atoms with Crippen molar-refractivity contribution in [1.29, 1.82) is 0 Å². The van der Waals surface area contributed by atoms with Gasteiger partial charge < -0.3 is 33.2 Å². The van der Waals surface area contributed by atoms with Gasteiger partial charge in [-0.15, -0.1) is 0 Å². The van der Waals surface area contributed by atoms with Gasteiger partial charge in [-0.2, -0.15) is 0 Å². The number of ether oxygens (including phenoxy) is 7. The van der Waals surface area contributed by atoms with Crippen LogP contribution in [-0.2, 0) is 16.0 Å². The highest BCUT2D eigenvalue weighted by atomic mass is 16.5. The molecule has 0 saturated carbocycles. The van der Waals surface area contributed by atoms with Gasteiger partial charge in [0.05, 0.1) is 60.9 Å². The maximum absolute atomic E-state index is 14.0. The van der Waals surface area contributed by atoms with Gasteiger partial charge in [0.1, 0.15) is 0 Å². The summed E-state index contributed by atoms with van der Waals surface area (Å²) in [5.41, 5.74) is 2.23. The molecule has 0 fully saturated rings. The van der Waals surface area contributed by atoms with E-state index in [1.807, 2.05) is 12.1 Å². The number of benzene rings is 3.